The summed E-state index contributed by atoms with van der Waals surface area (Å²) in [4.78, 5) is 27.0. The summed E-state index contributed by atoms with van der Waals surface area (Å²) in [6.45, 7) is 0.842. The molecule has 1 aliphatic rings. The summed E-state index contributed by atoms with van der Waals surface area (Å²) >= 11 is 12.4. The lowest BCUT2D eigenvalue weighted by Gasteiger charge is -2.36. The van der Waals surface area contributed by atoms with Crippen LogP contribution in [0.4, 0.5) is 0 Å². The van der Waals surface area contributed by atoms with Crippen LogP contribution < -0.4 is 5.32 Å². The topological polar surface area (TPSA) is 123 Å². The second-order valence-corrected chi connectivity index (χ2v) is 12.1. The molecule has 0 aliphatic carbocycles. The third kappa shape index (κ3) is 9.18. The van der Waals surface area contributed by atoms with Gasteiger partial charge in [0.15, 0.2) is 11.4 Å². The van der Waals surface area contributed by atoms with Gasteiger partial charge in [-0.1, -0.05) is 96.4 Å². The second-order valence-electron chi connectivity index (χ2n) is 11.4. The van der Waals surface area contributed by atoms with Gasteiger partial charge in [0.05, 0.1) is 31.7 Å². The number of hydrogen-bond acceptors (Lipinski definition) is 6. The van der Waals surface area contributed by atoms with E-state index in [1.807, 2.05) is 66.7 Å². The number of unbranched alkanes of at least 4 members (excludes halogenated alkanes) is 2. The van der Waals surface area contributed by atoms with E-state index in [0.29, 0.717) is 43.9 Å². The summed E-state index contributed by atoms with van der Waals surface area (Å²) in [5.41, 5.74) is 5.70. The molecule has 9 nitrogen and oxygen atoms in total. The second kappa shape index (κ2) is 16.2. The van der Waals surface area contributed by atoms with Gasteiger partial charge in [-0.05, 0) is 46.7 Å². The third-order valence-corrected chi connectivity index (χ3v) is 8.74. The lowest BCUT2D eigenvalue weighted by Crippen LogP contribution is -2.32. The van der Waals surface area contributed by atoms with Crippen molar-refractivity contribution >= 4 is 35.1 Å². The van der Waals surface area contributed by atoms with Crippen molar-refractivity contribution < 1.29 is 29.3 Å². The van der Waals surface area contributed by atoms with Gasteiger partial charge in [-0.15, -0.1) is 0 Å². The number of aliphatic carboxylic acids is 1. The average molecular weight is 667 g/mol. The number of amides is 1. The Bertz CT molecular complexity index is 1610. The van der Waals surface area contributed by atoms with Crippen molar-refractivity contribution in [2.45, 2.75) is 76.7 Å². The predicted molar refractivity (Wildman–Crippen MR) is 175 cm³/mol. The number of carbonyl (C=O) groups excluding carboxylic acids is 1. The van der Waals surface area contributed by atoms with E-state index >= 15 is 0 Å². The number of aliphatic hydroxyl groups is 1. The number of aliphatic hydroxyl groups excluding tert-OH is 1. The first-order chi connectivity index (χ1) is 22.3. The lowest BCUT2D eigenvalue weighted by molar-refractivity contribution is -0.252. The number of nitrogens with zero attached hydrogens (tertiary/aromatic N) is 2. The number of imidazole rings is 1. The highest BCUT2D eigenvalue weighted by Crippen LogP contribution is 2.39. The minimum absolute atomic E-state index is 0.0263. The standard InChI is InChI=1S/C35H37Cl2N3O6/c36-33-34(37)40(22-39-33)20-29-18-30(26-11-9-23(21-41)10-12-26)46-35(45-29)27-15-13-25(14-16-27)28-6-4-5-24(17-28)19-38-31(42)7-2-1-3-8-32(43)44/h4-6,9-17,22,29-30,35,41H,1-3,7-8,18-21H2,(H,38,42)(H,43,44)/t29-,30+,35+/m1/s1. The molecular formula is C35H37Cl2N3O6. The van der Waals surface area contributed by atoms with Gasteiger partial charge in [0.25, 0.3) is 0 Å². The molecule has 0 spiro atoms. The van der Waals surface area contributed by atoms with Gasteiger partial charge in [0.1, 0.15) is 5.15 Å². The molecule has 46 heavy (non-hydrogen) atoms. The van der Waals surface area contributed by atoms with Gasteiger partial charge in [-0.3, -0.25) is 9.59 Å². The SMILES string of the molecule is O=C(O)CCCCCC(=O)NCc1cccc(-c2ccc([C@H]3O[C@@H](Cn4cnc(Cl)c4Cl)C[C@@H](c4ccc(CO)cc4)O3)cc2)c1. The summed E-state index contributed by atoms with van der Waals surface area (Å²) in [6, 6.07) is 23.8. The number of carbonyl (C=O) groups is 2. The van der Waals surface area contributed by atoms with Gasteiger partial charge >= 0.3 is 5.97 Å². The van der Waals surface area contributed by atoms with Crippen molar-refractivity contribution in [3.8, 4) is 11.1 Å². The highest BCUT2D eigenvalue weighted by Gasteiger charge is 2.33. The fraction of sp³-hybridized carbons (Fsp3) is 0.343. The molecule has 1 amide bonds. The molecule has 1 saturated heterocycles. The monoisotopic (exact) mass is 665 g/mol. The fourth-order valence-corrected chi connectivity index (χ4v) is 5.76. The first kappa shape index (κ1) is 33.6. The molecule has 4 aromatic rings. The van der Waals surface area contributed by atoms with E-state index in [1.165, 1.54) is 0 Å². The van der Waals surface area contributed by atoms with Gasteiger partial charge in [0, 0.05) is 31.4 Å². The van der Waals surface area contributed by atoms with E-state index in [9.17, 15) is 14.7 Å². The van der Waals surface area contributed by atoms with Gasteiger partial charge in [-0.25, -0.2) is 4.98 Å². The van der Waals surface area contributed by atoms with E-state index in [-0.39, 0.29) is 36.3 Å². The van der Waals surface area contributed by atoms with Crippen molar-refractivity contribution in [2.24, 2.45) is 0 Å². The highest BCUT2D eigenvalue weighted by molar-refractivity contribution is 6.40. The summed E-state index contributed by atoms with van der Waals surface area (Å²) in [5, 5.41) is 21.8. The fourth-order valence-electron chi connectivity index (χ4n) is 5.44. The molecule has 2 heterocycles. The maximum absolute atomic E-state index is 12.3. The van der Waals surface area contributed by atoms with E-state index in [1.54, 1.807) is 10.9 Å². The van der Waals surface area contributed by atoms with Crippen molar-refractivity contribution in [1.29, 1.82) is 0 Å². The number of ether oxygens (including phenoxy) is 2. The number of rotatable bonds is 14. The van der Waals surface area contributed by atoms with Gasteiger partial charge in [0.2, 0.25) is 5.91 Å². The first-order valence-electron chi connectivity index (χ1n) is 15.3. The number of aromatic nitrogens is 2. The van der Waals surface area contributed by atoms with Crippen molar-refractivity contribution in [3.63, 3.8) is 0 Å². The Balaban J connectivity index is 1.24. The Kier molecular flexibility index (Phi) is 11.8. The van der Waals surface area contributed by atoms with Crippen LogP contribution in [0.3, 0.4) is 0 Å². The van der Waals surface area contributed by atoms with E-state index in [2.05, 4.69) is 16.4 Å². The molecule has 3 atom stereocenters. The van der Waals surface area contributed by atoms with Crippen LogP contribution in [0.15, 0.2) is 79.1 Å². The Morgan fingerprint density at radius 1 is 0.891 bits per heavy atom. The number of nitrogens with one attached hydrogen (secondary N) is 1. The largest absolute Gasteiger partial charge is 0.481 e. The molecule has 242 valence electrons. The molecule has 1 aromatic heterocycles. The van der Waals surface area contributed by atoms with Crippen LogP contribution in [0, 0.1) is 0 Å². The Morgan fingerprint density at radius 2 is 1.63 bits per heavy atom. The molecule has 0 radical (unpaired) electrons. The van der Waals surface area contributed by atoms with Crippen LogP contribution in [0.2, 0.25) is 10.3 Å². The van der Waals surface area contributed by atoms with Gasteiger partial charge in [-0.2, -0.15) is 0 Å². The minimum Gasteiger partial charge on any atom is -0.481 e. The number of hydrogen-bond donors (Lipinski definition) is 3. The number of carboxylic acid groups (broad SMARTS) is 1. The molecule has 11 heteroatoms. The smallest absolute Gasteiger partial charge is 0.303 e. The van der Waals surface area contributed by atoms with Crippen molar-refractivity contribution in [2.75, 3.05) is 0 Å². The van der Waals surface area contributed by atoms with E-state index in [4.69, 9.17) is 37.8 Å². The Hall–Kier alpha value is -3.73. The molecule has 1 aliphatic heterocycles. The summed E-state index contributed by atoms with van der Waals surface area (Å²) in [5.74, 6) is -0.853. The number of halogens is 2. The summed E-state index contributed by atoms with van der Waals surface area (Å²) in [7, 11) is 0. The van der Waals surface area contributed by atoms with Crippen LogP contribution in [0.25, 0.3) is 11.1 Å². The van der Waals surface area contributed by atoms with E-state index in [0.717, 1.165) is 39.8 Å². The quantitative estimate of drug-likeness (QED) is 0.121. The van der Waals surface area contributed by atoms with Crippen molar-refractivity contribution in [3.05, 3.63) is 112 Å². The molecule has 3 N–H and O–H groups in total. The molecule has 0 unspecified atom stereocenters. The maximum Gasteiger partial charge on any atom is 0.303 e. The normalized spacial score (nSPS) is 17.9. The van der Waals surface area contributed by atoms with Crippen LogP contribution in [0.5, 0.6) is 0 Å². The average Bonchev–Trinajstić information content (AvgIpc) is 3.39. The van der Waals surface area contributed by atoms with Crippen molar-refractivity contribution in [1.82, 2.24) is 14.9 Å². The highest BCUT2D eigenvalue weighted by atomic mass is 35.5. The first-order valence-corrected chi connectivity index (χ1v) is 16.1. The maximum atomic E-state index is 12.3. The van der Waals surface area contributed by atoms with Crippen LogP contribution in [0.1, 0.15) is 73.2 Å². The van der Waals surface area contributed by atoms with Crippen LogP contribution in [-0.2, 0) is 38.8 Å². The molecule has 3 aromatic carbocycles. The Labute approximate surface area is 278 Å². The zero-order valence-corrected chi connectivity index (χ0v) is 26.8. The Morgan fingerprint density at radius 3 is 2.33 bits per heavy atom. The number of carboxylic acids is 1. The molecule has 0 saturated carbocycles. The molecular weight excluding hydrogens is 629 g/mol. The molecule has 0 bridgehead atoms. The van der Waals surface area contributed by atoms with Gasteiger partial charge < -0.3 is 29.6 Å². The van der Waals surface area contributed by atoms with E-state index < -0.39 is 12.3 Å². The third-order valence-electron chi connectivity index (χ3n) is 7.98. The van der Waals surface area contributed by atoms with Crippen LogP contribution in [-0.4, -0.2) is 37.7 Å². The summed E-state index contributed by atoms with van der Waals surface area (Å²) in [6.07, 6.45) is 3.57. The number of benzene rings is 3. The summed E-state index contributed by atoms with van der Waals surface area (Å²) < 4.78 is 14.7. The minimum atomic E-state index is -0.808. The molecule has 5 rings (SSSR count). The zero-order valence-electron chi connectivity index (χ0n) is 25.3. The van der Waals surface area contributed by atoms with Crippen LogP contribution >= 0.6 is 23.2 Å². The molecule has 1 fully saturated rings. The lowest BCUT2D eigenvalue weighted by atomic mass is 9.99. The zero-order chi connectivity index (χ0) is 32.5. The predicted octanol–water partition coefficient (Wildman–Crippen LogP) is 7.25.